The first kappa shape index (κ1) is 31.1. The Morgan fingerprint density at radius 2 is 1.89 bits per heavy atom. The Kier molecular flexibility index (Phi) is 11.0. The third-order valence-electron chi connectivity index (χ3n) is 6.03. The molecule has 0 aromatic heterocycles. The molecule has 0 unspecified atom stereocenters. The van der Waals surface area contributed by atoms with E-state index in [0.29, 0.717) is 22.9 Å². The Balaban J connectivity index is 2.06. The standard InChI is InChI=1S/C25H36ClF3N4O3S/c1-5-6-7-16-37(35,36)33(17-19-8-10-20(26)11-9-19)15-12-18(2)22-31-21(24(3,4)32-22)23(34)30-14-13-25(27,28)29/h8-11,21H,2,5-7,12-17H2,1,3-4H3,(H,30,34)(H,31,32)/t21-/m0/s1. The Bertz CT molecular complexity index is 1070. The maximum Gasteiger partial charge on any atom is 0.390 e. The van der Waals surface area contributed by atoms with Crippen LogP contribution in [0.3, 0.4) is 0 Å². The van der Waals surface area contributed by atoms with Gasteiger partial charge in [0.15, 0.2) is 0 Å². The van der Waals surface area contributed by atoms with Crippen LogP contribution in [-0.2, 0) is 21.4 Å². The first-order valence-electron chi connectivity index (χ1n) is 12.3. The fraction of sp³-hybridized carbons (Fsp3) is 0.600. The maximum atomic E-state index is 13.1. The van der Waals surface area contributed by atoms with Crippen LogP contribution in [0.5, 0.6) is 0 Å². The number of nitrogens with one attached hydrogen (secondary N) is 2. The van der Waals surface area contributed by atoms with Crippen LogP contribution >= 0.6 is 11.6 Å². The van der Waals surface area contributed by atoms with Crippen LogP contribution in [-0.4, -0.2) is 61.1 Å². The molecule has 0 spiro atoms. The molecule has 1 aliphatic rings. The van der Waals surface area contributed by atoms with Crippen molar-refractivity contribution in [3.05, 3.63) is 47.0 Å². The van der Waals surface area contributed by atoms with Crippen LogP contribution in [0.4, 0.5) is 13.2 Å². The molecule has 1 heterocycles. The number of rotatable bonds is 14. The minimum Gasteiger partial charge on any atom is -0.357 e. The summed E-state index contributed by atoms with van der Waals surface area (Å²) in [5.74, 6) is -0.215. The van der Waals surface area contributed by atoms with Crippen molar-refractivity contribution in [2.45, 2.75) is 77.2 Å². The van der Waals surface area contributed by atoms with Gasteiger partial charge < -0.3 is 10.6 Å². The van der Waals surface area contributed by atoms with Crippen LogP contribution in [0.25, 0.3) is 0 Å². The van der Waals surface area contributed by atoms with Gasteiger partial charge in [0.25, 0.3) is 0 Å². The third-order valence-corrected chi connectivity index (χ3v) is 8.18. The summed E-state index contributed by atoms with van der Waals surface area (Å²) in [4.78, 5) is 17.0. The van der Waals surface area contributed by atoms with Gasteiger partial charge in [-0.2, -0.15) is 17.5 Å². The SMILES string of the molecule is C=C(CCN(Cc1ccc(Cl)cc1)S(=O)(=O)CCCCC)C1=NC(C)(C)[C@H](C(=O)NCCC(F)(F)F)N1. The second kappa shape index (κ2) is 13.1. The van der Waals surface area contributed by atoms with Crippen LogP contribution < -0.4 is 10.6 Å². The van der Waals surface area contributed by atoms with Crippen molar-refractivity contribution >= 4 is 33.4 Å². The van der Waals surface area contributed by atoms with E-state index in [0.717, 1.165) is 18.4 Å². The van der Waals surface area contributed by atoms with Gasteiger partial charge in [0.1, 0.15) is 11.9 Å². The minimum atomic E-state index is -4.36. The molecule has 37 heavy (non-hydrogen) atoms. The van der Waals surface area contributed by atoms with Crippen molar-refractivity contribution in [3.8, 4) is 0 Å². The smallest absolute Gasteiger partial charge is 0.357 e. The molecular weight excluding hydrogens is 529 g/mol. The largest absolute Gasteiger partial charge is 0.390 e. The second-order valence-electron chi connectivity index (χ2n) is 9.68. The Morgan fingerprint density at radius 1 is 1.24 bits per heavy atom. The number of hydrogen-bond donors (Lipinski definition) is 2. The first-order valence-corrected chi connectivity index (χ1v) is 14.2. The van der Waals surface area contributed by atoms with Gasteiger partial charge in [0.05, 0.1) is 17.7 Å². The fourth-order valence-electron chi connectivity index (χ4n) is 3.85. The molecule has 0 bridgehead atoms. The number of hydrogen-bond acceptors (Lipinski definition) is 5. The molecule has 1 aromatic rings. The highest BCUT2D eigenvalue weighted by Gasteiger charge is 2.41. The Labute approximate surface area is 222 Å². The minimum absolute atomic E-state index is 0.0350. The van der Waals surface area contributed by atoms with Crippen LogP contribution in [0.1, 0.15) is 58.4 Å². The zero-order valence-electron chi connectivity index (χ0n) is 21.5. The molecule has 1 amide bonds. The van der Waals surface area contributed by atoms with Crippen molar-refractivity contribution in [2.24, 2.45) is 4.99 Å². The second-order valence-corrected chi connectivity index (χ2v) is 12.2. The summed E-state index contributed by atoms with van der Waals surface area (Å²) >= 11 is 5.96. The van der Waals surface area contributed by atoms with E-state index >= 15 is 0 Å². The molecule has 1 aliphatic heterocycles. The number of sulfonamides is 1. The van der Waals surface area contributed by atoms with Gasteiger partial charge in [-0.1, -0.05) is 50.1 Å². The van der Waals surface area contributed by atoms with Gasteiger partial charge in [-0.25, -0.2) is 8.42 Å². The summed E-state index contributed by atoms with van der Waals surface area (Å²) in [5.41, 5.74) is 0.376. The van der Waals surface area contributed by atoms with E-state index in [4.69, 9.17) is 11.6 Å². The molecule has 0 aliphatic carbocycles. The van der Waals surface area contributed by atoms with Crippen LogP contribution in [0.2, 0.25) is 5.02 Å². The zero-order valence-corrected chi connectivity index (χ0v) is 23.1. The number of carbonyl (C=O) groups excluding carboxylic acids is 1. The van der Waals surface area contributed by atoms with Crippen LogP contribution in [0.15, 0.2) is 41.4 Å². The van der Waals surface area contributed by atoms with Gasteiger partial charge >= 0.3 is 6.18 Å². The summed E-state index contributed by atoms with van der Waals surface area (Å²) in [5, 5.41) is 5.82. The summed E-state index contributed by atoms with van der Waals surface area (Å²) in [6.45, 7) is 9.22. The lowest BCUT2D eigenvalue weighted by Crippen LogP contribution is -2.52. The molecule has 0 radical (unpaired) electrons. The average molecular weight is 565 g/mol. The molecule has 12 heteroatoms. The van der Waals surface area contributed by atoms with E-state index in [1.54, 1.807) is 38.1 Å². The van der Waals surface area contributed by atoms with E-state index in [-0.39, 0.29) is 25.3 Å². The lowest BCUT2D eigenvalue weighted by Gasteiger charge is -2.24. The number of carbonyl (C=O) groups is 1. The normalized spacial score (nSPS) is 17.4. The van der Waals surface area contributed by atoms with Crippen molar-refractivity contribution in [1.82, 2.24) is 14.9 Å². The predicted octanol–water partition coefficient (Wildman–Crippen LogP) is 4.83. The number of benzene rings is 1. The molecule has 0 fully saturated rings. The lowest BCUT2D eigenvalue weighted by molar-refractivity contribution is -0.136. The molecular formula is C25H36ClF3N4O3S. The monoisotopic (exact) mass is 564 g/mol. The zero-order chi connectivity index (χ0) is 27.9. The van der Waals surface area contributed by atoms with Crippen molar-refractivity contribution < 1.29 is 26.4 Å². The number of amides is 1. The number of unbranched alkanes of at least 4 members (excludes halogenated alkanes) is 2. The van der Waals surface area contributed by atoms with E-state index < -0.39 is 46.7 Å². The maximum absolute atomic E-state index is 13.1. The number of halogens is 4. The summed E-state index contributed by atoms with van der Waals surface area (Å²) in [6, 6.07) is 6.08. The first-order chi connectivity index (χ1) is 17.1. The van der Waals surface area contributed by atoms with Crippen LogP contribution in [0, 0.1) is 0 Å². The number of alkyl halides is 3. The van der Waals surface area contributed by atoms with E-state index in [9.17, 15) is 26.4 Å². The summed E-state index contributed by atoms with van der Waals surface area (Å²) in [6.07, 6.45) is -2.97. The predicted molar refractivity (Wildman–Crippen MR) is 141 cm³/mol. The highest BCUT2D eigenvalue weighted by Crippen LogP contribution is 2.25. The van der Waals surface area contributed by atoms with Crippen molar-refractivity contribution in [3.63, 3.8) is 0 Å². The average Bonchev–Trinajstić information content (AvgIpc) is 3.12. The topological polar surface area (TPSA) is 90.9 Å². The fourth-order valence-corrected chi connectivity index (χ4v) is 5.52. The number of amidine groups is 1. The van der Waals surface area contributed by atoms with Gasteiger partial charge in [-0.3, -0.25) is 9.79 Å². The van der Waals surface area contributed by atoms with Gasteiger partial charge in [0.2, 0.25) is 15.9 Å². The third kappa shape index (κ3) is 9.94. The van der Waals surface area contributed by atoms with Crippen molar-refractivity contribution in [1.29, 1.82) is 0 Å². The number of nitrogens with zero attached hydrogens (tertiary/aromatic N) is 2. The highest BCUT2D eigenvalue weighted by molar-refractivity contribution is 7.89. The number of aliphatic imine (C=N–C) groups is 1. The van der Waals surface area contributed by atoms with Crippen molar-refractivity contribution in [2.75, 3.05) is 18.8 Å². The molecule has 0 saturated heterocycles. The molecule has 2 N–H and O–H groups in total. The molecule has 208 valence electrons. The van der Waals surface area contributed by atoms with E-state index in [1.807, 2.05) is 6.92 Å². The van der Waals surface area contributed by atoms with E-state index in [1.165, 1.54) is 4.31 Å². The van der Waals surface area contributed by atoms with E-state index in [2.05, 4.69) is 22.2 Å². The molecule has 0 saturated carbocycles. The Morgan fingerprint density at radius 3 is 2.49 bits per heavy atom. The summed E-state index contributed by atoms with van der Waals surface area (Å²) < 4.78 is 64.9. The lowest BCUT2D eigenvalue weighted by atomic mass is 9.96. The van der Waals surface area contributed by atoms with Gasteiger partial charge in [-0.15, -0.1) is 0 Å². The quantitative estimate of drug-likeness (QED) is 0.317. The van der Waals surface area contributed by atoms with Gasteiger partial charge in [0, 0.05) is 24.7 Å². The van der Waals surface area contributed by atoms with Gasteiger partial charge in [-0.05, 0) is 50.0 Å². The molecule has 7 nitrogen and oxygen atoms in total. The summed E-state index contributed by atoms with van der Waals surface area (Å²) in [7, 11) is -3.55. The highest BCUT2D eigenvalue weighted by atomic mass is 35.5. The molecule has 1 aromatic carbocycles. The molecule has 1 atom stereocenters. The molecule has 2 rings (SSSR count). The Hall–Kier alpha value is -2.11.